The van der Waals surface area contributed by atoms with Gasteiger partial charge >= 0.3 is 0 Å². The first-order chi connectivity index (χ1) is 13.1. The Bertz CT molecular complexity index is 913. The number of nitrogens with zero attached hydrogens (tertiary/aromatic N) is 5. The molecule has 140 valence electrons. The average molecular weight is 364 g/mol. The van der Waals surface area contributed by atoms with Crippen molar-refractivity contribution < 1.29 is 4.79 Å². The van der Waals surface area contributed by atoms with Crippen molar-refractivity contribution in [2.75, 3.05) is 6.54 Å². The number of imidazole rings is 1. The number of amides is 1. The number of carbonyl (C=O) groups is 1. The van der Waals surface area contributed by atoms with Crippen LogP contribution in [0.2, 0.25) is 0 Å². The minimum Gasteiger partial charge on any atom is -0.333 e. The molecule has 1 aliphatic heterocycles. The molecule has 7 nitrogen and oxygen atoms in total. The van der Waals surface area contributed by atoms with E-state index in [0.29, 0.717) is 6.54 Å². The lowest BCUT2D eigenvalue weighted by molar-refractivity contribution is -0.132. The van der Waals surface area contributed by atoms with Crippen molar-refractivity contribution in [3.05, 3.63) is 54.6 Å². The summed E-state index contributed by atoms with van der Waals surface area (Å²) in [6.45, 7) is 5.27. The first-order valence-electron chi connectivity index (χ1n) is 9.39. The predicted octanol–water partition coefficient (Wildman–Crippen LogP) is 3.16. The molecule has 1 saturated heterocycles. The predicted molar refractivity (Wildman–Crippen MR) is 102 cm³/mol. The second kappa shape index (κ2) is 7.34. The molecule has 4 rings (SSSR count). The zero-order chi connectivity index (χ0) is 18.8. The highest BCUT2D eigenvalue weighted by Gasteiger charge is 2.33. The molecule has 1 fully saturated rings. The molecule has 0 saturated carbocycles. The second-order valence-corrected chi connectivity index (χ2v) is 7.25. The number of carbonyl (C=O) groups excluding carboxylic acids is 1. The second-order valence-electron chi connectivity index (χ2n) is 7.25. The summed E-state index contributed by atoms with van der Waals surface area (Å²) in [4.78, 5) is 23.5. The number of nitrogens with one attached hydrogen (secondary N) is 1. The standard InChI is InChI=1S/C20H24N6O/c1-14(2)20-22-9-11-25(20)13-18(27)26-10-3-4-17(26)19-16(12-23-24-19)15-5-7-21-8-6-15/h5-9,11-12,14,17H,3-4,10,13H2,1-2H3,(H,23,24)/t17-/m1/s1. The van der Waals surface area contributed by atoms with Gasteiger partial charge in [0.25, 0.3) is 0 Å². The van der Waals surface area contributed by atoms with Crippen LogP contribution in [0.3, 0.4) is 0 Å². The van der Waals surface area contributed by atoms with Crippen molar-refractivity contribution in [1.29, 1.82) is 0 Å². The van der Waals surface area contributed by atoms with E-state index in [-0.39, 0.29) is 17.9 Å². The molecule has 4 heterocycles. The molecule has 0 radical (unpaired) electrons. The molecule has 1 aliphatic rings. The van der Waals surface area contributed by atoms with Crippen LogP contribution in [0.5, 0.6) is 0 Å². The van der Waals surface area contributed by atoms with Crippen molar-refractivity contribution in [1.82, 2.24) is 29.6 Å². The summed E-state index contributed by atoms with van der Waals surface area (Å²) in [5.74, 6) is 1.35. The van der Waals surface area contributed by atoms with Crippen LogP contribution in [0.25, 0.3) is 11.1 Å². The van der Waals surface area contributed by atoms with Gasteiger partial charge in [0.15, 0.2) is 0 Å². The van der Waals surface area contributed by atoms with Gasteiger partial charge in [-0.2, -0.15) is 5.10 Å². The van der Waals surface area contributed by atoms with Crippen LogP contribution < -0.4 is 0 Å². The Balaban J connectivity index is 1.57. The van der Waals surface area contributed by atoms with Gasteiger partial charge in [-0.1, -0.05) is 13.8 Å². The summed E-state index contributed by atoms with van der Waals surface area (Å²) >= 11 is 0. The maximum Gasteiger partial charge on any atom is 0.243 e. The summed E-state index contributed by atoms with van der Waals surface area (Å²) in [5, 5.41) is 7.39. The molecule has 3 aromatic rings. The lowest BCUT2D eigenvalue weighted by atomic mass is 10.0. The molecule has 7 heteroatoms. The van der Waals surface area contributed by atoms with Gasteiger partial charge in [0, 0.05) is 42.8 Å². The summed E-state index contributed by atoms with van der Waals surface area (Å²) in [6.07, 6.45) is 11.0. The fraction of sp³-hybridized carbons (Fsp3) is 0.400. The Morgan fingerprint density at radius 3 is 2.89 bits per heavy atom. The van der Waals surface area contributed by atoms with E-state index in [1.54, 1.807) is 18.6 Å². The number of pyridine rings is 1. The van der Waals surface area contributed by atoms with Crippen LogP contribution in [0.4, 0.5) is 0 Å². The van der Waals surface area contributed by atoms with Gasteiger partial charge in [0.1, 0.15) is 12.4 Å². The molecule has 1 amide bonds. The Hall–Kier alpha value is -2.96. The lowest BCUT2D eigenvalue weighted by Gasteiger charge is -2.25. The zero-order valence-corrected chi connectivity index (χ0v) is 15.7. The Morgan fingerprint density at radius 2 is 2.11 bits per heavy atom. The van der Waals surface area contributed by atoms with Gasteiger partial charge < -0.3 is 9.47 Å². The zero-order valence-electron chi connectivity index (χ0n) is 15.7. The summed E-state index contributed by atoms with van der Waals surface area (Å²) in [5.41, 5.74) is 3.10. The quantitative estimate of drug-likeness (QED) is 0.754. The van der Waals surface area contributed by atoms with Crippen molar-refractivity contribution in [2.24, 2.45) is 0 Å². The number of aromatic nitrogens is 5. The summed E-state index contributed by atoms with van der Waals surface area (Å²) < 4.78 is 1.96. The van der Waals surface area contributed by atoms with E-state index in [1.807, 2.05) is 34.0 Å². The van der Waals surface area contributed by atoms with Gasteiger partial charge in [-0.05, 0) is 30.5 Å². The highest BCUT2D eigenvalue weighted by molar-refractivity contribution is 5.77. The number of rotatable bonds is 5. The molecule has 1 atom stereocenters. The highest BCUT2D eigenvalue weighted by Crippen LogP contribution is 2.36. The maximum atomic E-state index is 13.1. The molecule has 0 bridgehead atoms. The van der Waals surface area contributed by atoms with Crippen LogP contribution in [-0.4, -0.2) is 42.1 Å². The smallest absolute Gasteiger partial charge is 0.243 e. The molecular formula is C20H24N6O. The molecule has 0 spiro atoms. The number of aromatic amines is 1. The van der Waals surface area contributed by atoms with Gasteiger partial charge in [-0.3, -0.25) is 14.9 Å². The SMILES string of the molecule is CC(C)c1nccn1CC(=O)N1CCC[C@@H]1c1[nH]ncc1-c1ccncc1. The van der Waals surface area contributed by atoms with Crippen molar-refractivity contribution in [3.63, 3.8) is 0 Å². The molecular weight excluding hydrogens is 340 g/mol. The molecule has 0 aromatic carbocycles. The molecule has 3 aromatic heterocycles. The third-order valence-electron chi connectivity index (χ3n) is 5.14. The monoisotopic (exact) mass is 364 g/mol. The van der Waals surface area contributed by atoms with Crippen LogP contribution in [0.1, 0.15) is 50.2 Å². The number of H-pyrrole nitrogens is 1. The fourth-order valence-corrected chi connectivity index (χ4v) is 3.87. The van der Waals surface area contributed by atoms with E-state index < -0.39 is 0 Å². The first kappa shape index (κ1) is 17.5. The number of likely N-dealkylation sites (tertiary alicyclic amines) is 1. The third-order valence-corrected chi connectivity index (χ3v) is 5.14. The largest absolute Gasteiger partial charge is 0.333 e. The van der Waals surface area contributed by atoms with Crippen LogP contribution in [0.15, 0.2) is 43.1 Å². The van der Waals surface area contributed by atoms with Crippen LogP contribution >= 0.6 is 0 Å². The average Bonchev–Trinajstić information content (AvgIpc) is 3.41. The first-order valence-corrected chi connectivity index (χ1v) is 9.39. The normalized spacial score (nSPS) is 17.0. The molecule has 0 unspecified atom stereocenters. The van der Waals surface area contributed by atoms with Gasteiger partial charge in [-0.25, -0.2) is 4.98 Å². The van der Waals surface area contributed by atoms with Crippen molar-refractivity contribution in [2.45, 2.75) is 45.2 Å². The topological polar surface area (TPSA) is 79.7 Å². The molecule has 27 heavy (non-hydrogen) atoms. The van der Waals surface area contributed by atoms with E-state index in [4.69, 9.17) is 0 Å². The maximum absolute atomic E-state index is 13.1. The van der Waals surface area contributed by atoms with Gasteiger partial charge in [0.2, 0.25) is 5.91 Å². The molecule has 1 N–H and O–H groups in total. The van der Waals surface area contributed by atoms with E-state index in [0.717, 1.165) is 42.0 Å². The van der Waals surface area contributed by atoms with E-state index in [2.05, 4.69) is 34.0 Å². The third kappa shape index (κ3) is 3.37. The number of hydrogen-bond acceptors (Lipinski definition) is 4. The van der Waals surface area contributed by atoms with Crippen molar-refractivity contribution in [3.8, 4) is 11.1 Å². The highest BCUT2D eigenvalue weighted by atomic mass is 16.2. The molecule has 0 aliphatic carbocycles. The van der Waals surface area contributed by atoms with Gasteiger partial charge in [0.05, 0.1) is 17.9 Å². The Morgan fingerprint density at radius 1 is 1.30 bits per heavy atom. The Kier molecular flexibility index (Phi) is 4.75. The minimum absolute atomic E-state index is 0.0224. The summed E-state index contributed by atoms with van der Waals surface area (Å²) in [6, 6.07) is 3.96. The van der Waals surface area contributed by atoms with E-state index >= 15 is 0 Å². The van der Waals surface area contributed by atoms with Crippen LogP contribution in [-0.2, 0) is 11.3 Å². The van der Waals surface area contributed by atoms with Crippen LogP contribution in [0, 0.1) is 0 Å². The van der Waals surface area contributed by atoms with Crippen molar-refractivity contribution >= 4 is 5.91 Å². The fourth-order valence-electron chi connectivity index (χ4n) is 3.87. The van der Waals surface area contributed by atoms with E-state index in [1.165, 1.54) is 0 Å². The van der Waals surface area contributed by atoms with Gasteiger partial charge in [-0.15, -0.1) is 0 Å². The minimum atomic E-state index is 0.0224. The Labute approximate surface area is 158 Å². The summed E-state index contributed by atoms with van der Waals surface area (Å²) in [7, 11) is 0. The number of hydrogen-bond donors (Lipinski definition) is 1. The van der Waals surface area contributed by atoms with E-state index in [9.17, 15) is 4.79 Å². The lowest BCUT2D eigenvalue weighted by Crippen LogP contribution is -2.34.